The van der Waals surface area contributed by atoms with Crippen molar-refractivity contribution in [3.8, 4) is 22.6 Å². The summed E-state index contributed by atoms with van der Waals surface area (Å²) in [5.41, 5.74) is 7.28. The summed E-state index contributed by atoms with van der Waals surface area (Å²) in [5.74, 6) is 2.00. The molecule has 4 nitrogen and oxygen atoms in total. The van der Waals surface area contributed by atoms with Crippen LogP contribution in [-0.2, 0) is 6.42 Å². The van der Waals surface area contributed by atoms with Crippen molar-refractivity contribution in [1.29, 1.82) is 0 Å². The quantitative estimate of drug-likeness (QED) is 0.228. The molecule has 5 rings (SSSR count). The molecule has 0 bridgehead atoms. The van der Waals surface area contributed by atoms with Gasteiger partial charge in [0.25, 0.3) is 5.69 Å². The Hall–Kier alpha value is -3.92. The van der Waals surface area contributed by atoms with E-state index in [1.54, 1.807) is 12.1 Å². The Balaban J connectivity index is 0.000000149. The Labute approximate surface area is 181 Å². The van der Waals surface area contributed by atoms with Crippen molar-refractivity contribution in [3.63, 3.8) is 0 Å². The topological polar surface area (TPSA) is 52.4 Å². The minimum Gasteiger partial charge on any atom is -0.457 e. The molecule has 4 aromatic carbocycles. The number of nitrogens with zero attached hydrogens (tertiary/aromatic N) is 1. The van der Waals surface area contributed by atoms with Crippen LogP contribution >= 0.6 is 0 Å². The molecular weight excluding hydrogens is 386 g/mol. The number of benzene rings is 4. The van der Waals surface area contributed by atoms with Gasteiger partial charge in [0.15, 0.2) is 0 Å². The van der Waals surface area contributed by atoms with E-state index in [2.05, 4.69) is 25.1 Å². The van der Waals surface area contributed by atoms with E-state index in [0.717, 1.165) is 29.0 Å². The van der Waals surface area contributed by atoms with Crippen molar-refractivity contribution in [2.75, 3.05) is 0 Å². The van der Waals surface area contributed by atoms with Gasteiger partial charge in [-0.05, 0) is 60.4 Å². The first-order valence-electron chi connectivity index (χ1n) is 10.2. The van der Waals surface area contributed by atoms with Gasteiger partial charge < -0.3 is 4.74 Å². The normalized spacial score (nSPS) is 11.3. The third-order valence-electron chi connectivity index (χ3n) is 5.39. The molecule has 0 amide bonds. The van der Waals surface area contributed by atoms with Gasteiger partial charge in [0.05, 0.1) is 4.92 Å². The molecule has 1 aliphatic heterocycles. The first-order valence-corrected chi connectivity index (χ1v) is 10.2. The van der Waals surface area contributed by atoms with Crippen molar-refractivity contribution in [1.82, 2.24) is 0 Å². The Morgan fingerprint density at radius 3 is 2.03 bits per heavy atom. The van der Waals surface area contributed by atoms with Crippen molar-refractivity contribution in [3.05, 3.63) is 123 Å². The maximum absolute atomic E-state index is 10.5. The minimum atomic E-state index is -0.390. The van der Waals surface area contributed by atoms with Crippen LogP contribution in [0.25, 0.3) is 11.1 Å². The summed E-state index contributed by atoms with van der Waals surface area (Å²) < 4.78 is 5.86. The Morgan fingerprint density at radius 1 is 0.742 bits per heavy atom. The van der Waals surface area contributed by atoms with Crippen LogP contribution in [0.4, 0.5) is 5.69 Å². The highest BCUT2D eigenvalue weighted by Gasteiger charge is 2.17. The summed E-state index contributed by atoms with van der Waals surface area (Å²) in [5, 5.41) is 10.5. The summed E-state index contributed by atoms with van der Waals surface area (Å²) in [4.78, 5) is 10.1. The molecule has 154 valence electrons. The summed E-state index contributed by atoms with van der Waals surface area (Å²) in [6.07, 6.45) is 0.984. The largest absolute Gasteiger partial charge is 0.457 e. The van der Waals surface area contributed by atoms with E-state index in [4.69, 9.17) is 4.74 Å². The lowest BCUT2D eigenvalue weighted by molar-refractivity contribution is -0.384. The fourth-order valence-electron chi connectivity index (χ4n) is 3.58. The van der Waals surface area contributed by atoms with E-state index in [0.29, 0.717) is 0 Å². The van der Waals surface area contributed by atoms with Gasteiger partial charge in [-0.15, -0.1) is 0 Å². The van der Waals surface area contributed by atoms with Gasteiger partial charge in [-0.25, -0.2) is 0 Å². The van der Waals surface area contributed by atoms with E-state index in [-0.39, 0.29) is 10.6 Å². The molecule has 0 N–H and O–H groups in total. The highest BCUT2D eigenvalue weighted by atomic mass is 16.6. The standard InChI is InChI=1S/C14H12O.C13H11NO2/c1-10-5-4-8-14-12(10)9-11-6-2-3-7-13(11)15-14;1-10-2-4-11(5-3-10)12-6-8-13(9-7-12)14(15)16/h2-8H,9H2,1H3;2-9H,1H3. The highest BCUT2D eigenvalue weighted by Crippen LogP contribution is 2.37. The van der Waals surface area contributed by atoms with Gasteiger partial charge in [0.2, 0.25) is 0 Å². The summed E-state index contributed by atoms with van der Waals surface area (Å²) >= 11 is 0. The maximum atomic E-state index is 10.5. The lowest BCUT2D eigenvalue weighted by Crippen LogP contribution is -2.04. The summed E-state index contributed by atoms with van der Waals surface area (Å²) in [6, 6.07) is 29.1. The van der Waals surface area contributed by atoms with E-state index in [1.165, 1.54) is 34.4 Å². The minimum absolute atomic E-state index is 0.121. The number of hydrogen-bond acceptors (Lipinski definition) is 3. The smallest absolute Gasteiger partial charge is 0.269 e. The number of nitro benzene ring substituents is 1. The molecule has 1 heterocycles. The Kier molecular flexibility index (Phi) is 5.80. The SMILES string of the molecule is Cc1ccc(-c2ccc([N+](=O)[O-])cc2)cc1.Cc1cccc2c1Cc1ccccc1O2. The fraction of sp³-hybridized carbons (Fsp3) is 0.111. The zero-order chi connectivity index (χ0) is 21.8. The average Bonchev–Trinajstić information content (AvgIpc) is 2.79. The van der Waals surface area contributed by atoms with Gasteiger partial charge in [-0.2, -0.15) is 0 Å². The second-order valence-electron chi connectivity index (χ2n) is 7.61. The molecule has 0 atom stereocenters. The lowest BCUT2D eigenvalue weighted by Gasteiger charge is -2.21. The molecule has 1 aliphatic rings. The number of rotatable bonds is 2. The molecule has 4 aromatic rings. The molecule has 0 spiro atoms. The van der Waals surface area contributed by atoms with Crippen LogP contribution in [0.5, 0.6) is 11.5 Å². The van der Waals surface area contributed by atoms with Crippen LogP contribution in [-0.4, -0.2) is 4.92 Å². The van der Waals surface area contributed by atoms with E-state index >= 15 is 0 Å². The number of non-ortho nitro benzene ring substituents is 1. The zero-order valence-corrected chi connectivity index (χ0v) is 17.5. The van der Waals surface area contributed by atoms with Crippen LogP contribution < -0.4 is 4.74 Å². The predicted octanol–water partition coefficient (Wildman–Crippen LogP) is 7.26. The molecule has 4 heteroatoms. The first-order chi connectivity index (χ1) is 15.0. The zero-order valence-electron chi connectivity index (χ0n) is 17.5. The number of aryl methyl sites for hydroxylation is 2. The molecule has 0 saturated heterocycles. The molecule has 31 heavy (non-hydrogen) atoms. The monoisotopic (exact) mass is 409 g/mol. The second-order valence-corrected chi connectivity index (χ2v) is 7.61. The van der Waals surface area contributed by atoms with Gasteiger partial charge in [0, 0.05) is 24.1 Å². The number of para-hydroxylation sites is 1. The summed E-state index contributed by atoms with van der Waals surface area (Å²) in [6.45, 7) is 4.16. The van der Waals surface area contributed by atoms with Crippen LogP contribution in [0.3, 0.4) is 0 Å². The fourth-order valence-corrected chi connectivity index (χ4v) is 3.58. The predicted molar refractivity (Wildman–Crippen MR) is 124 cm³/mol. The molecular formula is C27H23NO3. The van der Waals surface area contributed by atoms with E-state index in [9.17, 15) is 10.1 Å². The van der Waals surface area contributed by atoms with Gasteiger partial charge >= 0.3 is 0 Å². The van der Waals surface area contributed by atoms with E-state index < -0.39 is 0 Å². The second kappa shape index (κ2) is 8.84. The number of hydrogen-bond donors (Lipinski definition) is 0. The van der Waals surface area contributed by atoms with Gasteiger partial charge in [-0.1, -0.05) is 60.2 Å². The number of ether oxygens (including phenoxy) is 1. The summed E-state index contributed by atoms with van der Waals surface area (Å²) in [7, 11) is 0. The van der Waals surface area contributed by atoms with Crippen LogP contribution in [0, 0.1) is 24.0 Å². The van der Waals surface area contributed by atoms with Crippen molar-refractivity contribution < 1.29 is 9.66 Å². The van der Waals surface area contributed by atoms with Crippen molar-refractivity contribution in [2.24, 2.45) is 0 Å². The molecule has 0 unspecified atom stereocenters. The highest BCUT2D eigenvalue weighted by molar-refractivity contribution is 5.65. The number of fused-ring (bicyclic) bond motifs is 2. The molecule has 0 aliphatic carbocycles. The van der Waals surface area contributed by atoms with E-state index in [1.807, 2.05) is 55.5 Å². The van der Waals surface area contributed by atoms with Crippen molar-refractivity contribution >= 4 is 5.69 Å². The third-order valence-corrected chi connectivity index (χ3v) is 5.39. The molecule has 0 radical (unpaired) electrons. The molecule has 0 aromatic heterocycles. The Bertz CT molecular complexity index is 1210. The molecule has 0 fully saturated rings. The average molecular weight is 409 g/mol. The van der Waals surface area contributed by atoms with Crippen LogP contribution in [0.15, 0.2) is 91.0 Å². The van der Waals surface area contributed by atoms with Crippen LogP contribution in [0.2, 0.25) is 0 Å². The third kappa shape index (κ3) is 4.64. The van der Waals surface area contributed by atoms with Gasteiger partial charge in [0.1, 0.15) is 11.5 Å². The number of nitro groups is 1. The lowest BCUT2D eigenvalue weighted by atomic mass is 9.97. The van der Waals surface area contributed by atoms with Crippen molar-refractivity contribution in [2.45, 2.75) is 20.3 Å². The van der Waals surface area contributed by atoms with Crippen LogP contribution in [0.1, 0.15) is 22.3 Å². The van der Waals surface area contributed by atoms with Gasteiger partial charge in [-0.3, -0.25) is 10.1 Å². The maximum Gasteiger partial charge on any atom is 0.269 e. The first kappa shape index (κ1) is 20.4. The molecule has 0 saturated carbocycles. The Morgan fingerprint density at radius 2 is 1.35 bits per heavy atom.